The summed E-state index contributed by atoms with van der Waals surface area (Å²) in [7, 11) is 0. The number of hydrogen-bond donors (Lipinski definition) is 0. The highest BCUT2D eigenvalue weighted by Gasteiger charge is 2.26. The summed E-state index contributed by atoms with van der Waals surface area (Å²) in [6.45, 7) is 2.76. The van der Waals surface area contributed by atoms with E-state index >= 15 is 0 Å². The highest BCUT2D eigenvalue weighted by Crippen LogP contribution is 2.41. The predicted octanol–water partition coefficient (Wildman–Crippen LogP) is 5.55. The Labute approximate surface area is 175 Å². The summed E-state index contributed by atoms with van der Waals surface area (Å²) >= 11 is 0. The fourth-order valence-electron chi connectivity index (χ4n) is 4.49. The van der Waals surface area contributed by atoms with Crippen molar-refractivity contribution in [2.24, 2.45) is 0 Å². The van der Waals surface area contributed by atoms with Gasteiger partial charge in [0.05, 0.1) is 13.1 Å². The number of fused-ring (bicyclic) bond motifs is 5. The number of benzene rings is 4. The minimum atomic E-state index is 0.560. The van der Waals surface area contributed by atoms with Crippen molar-refractivity contribution >= 4 is 22.1 Å². The van der Waals surface area contributed by atoms with E-state index in [0.29, 0.717) is 13.5 Å². The minimum absolute atomic E-state index is 0.560. The summed E-state index contributed by atoms with van der Waals surface area (Å²) in [5.41, 5.74) is 4.81. The van der Waals surface area contributed by atoms with Gasteiger partial charge in [-0.2, -0.15) is 0 Å². The van der Waals surface area contributed by atoms with Gasteiger partial charge in [0.25, 0.3) is 0 Å². The highest BCUT2D eigenvalue weighted by molar-refractivity contribution is 5.93. The Hall–Kier alpha value is -3.66. The van der Waals surface area contributed by atoms with Crippen LogP contribution >= 0.6 is 0 Å². The van der Waals surface area contributed by atoms with Gasteiger partial charge in [-0.05, 0) is 47.2 Å². The maximum Gasteiger partial charge on any atom is 0.161 e. The summed E-state index contributed by atoms with van der Waals surface area (Å²) in [6, 6.07) is 29.4. The monoisotopic (exact) mass is 394 g/mol. The maximum absolute atomic E-state index is 6.17. The number of ether oxygens (including phenoxy) is 2. The average molecular weight is 394 g/mol. The molecular weight excluding hydrogens is 372 g/mol. The lowest BCUT2D eigenvalue weighted by Crippen LogP contribution is -2.33. The van der Waals surface area contributed by atoms with E-state index in [0.717, 1.165) is 24.6 Å². The van der Waals surface area contributed by atoms with Gasteiger partial charge in [-0.3, -0.25) is 0 Å². The molecule has 4 heteroatoms. The third-order valence-corrected chi connectivity index (χ3v) is 6.01. The Balaban J connectivity index is 1.46. The Morgan fingerprint density at radius 3 is 1.47 bits per heavy atom. The first kappa shape index (κ1) is 17.2. The molecule has 0 saturated heterocycles. The van der Waals surface area contributed by atoms with Crippen molar-refractivity contribution in [3.63, 3.8) is 0 Å². The van der Waals surface area contributed by atoms with E-state index in [-0.39, 0.29) is 0 Å². The largest absolute Gasteiger partial charge is 0.473 e. The van der Waals surface area contributed by atoms with Crippen LogP contribution in [0, 0.1) is 0 Å². The third-order valence-electron chi connectivity index (χ3n) is 6.01. The minimum Gasteiger partial charge on any atom is -0.473 e. The summed E-state index contributed by atoms with van der Waals surface area (Å²) in [5.74, 6) is 1.94. The first-order valence-electron chi connectivity index (χ1n) is 10.3. The first-order valence-corrected chi connectivity index (χ1v) is 10.3. The molecule has 0 fully saturated rings. The van der Waals surface area contributed by atoms with Gasteiger partial charge >= 0.3 is 0 Å². The smallest absolute Gasteiger partial charge is 0.161 e. The quantitative estimate of drug-likeness (QED) is 0.445. The lowest BCUT2D eigenvalue weighted by atomic mass is 9.95. The van der Waals surface area contributed by atoms with Crippen molar-refractivity contribution in [1.29, 1.82) is 0 Å². The molecule has 0 atom stereocenters. The summed E-state index contributed by atoms with van der Waals surface area (Å²) < 4.78 is 12.3. The molecule has 0 spiro atoms. The Kier molecular flexibility index (Phi) is 4.01. The van der Waals surface area contributed by atoms with Crippen LogP contribution in [0.25, 0.3) is 10.8 Å². The Morgan fingerprint density at radius 2 is 1.00 bits per heavy atom. The number of nitrogens with zero attached hydrogens (tertiary/aromatic N) is 2. The Morgan fingerprint density at radius 1 is 0.533 bits per heavy atom. The van der Waals surface area contributed by atoms with Crippen LogP contribution in [0.3, 0.4) is 0 Å². The second kappa shape index (κ2) is 6.99. The van der Waals surface area contributed by atoms with Gasteiger partial charge in [-0.15, -0.1) is 0 Å². The van der Waals surface area contributed by atoms with Crippen LogP contribution in [0.1, 0.15) is 11.1 Å². The molecule has 2 aliphatic rings. The molecule has 0 bridgehead atoms. The van der Waals surface area contributed by atoms with Crippen molar-refractivity contribution in [3.8, 4) is 11.5 Å². The molecule has 0 N–H and O–H groups in total. The molecule has 148 valence electrons. The number of para-hydroxylation sites is 2. The Bertz CT molecular complexity index is 1120. The second-order valence-electron chi connectivity index (χ2n) is 7.80. The van der Waals surface area contributed by atoms with Gasteiger partial charge in [0.2, 0.25) is 0 Å². The lowest BCUT2D eigenvalue weighted by Gasteiger charge is -2.35. The van der Waals surface area contributed by atoms with E-state index in [1.54, 1.807) is 0 Å². The standard InChI is InChI=1S/C26H22N2O2/c1-3-7-20(8-4-1)27-15-22-24(29-17-27)13-11-19-12-14-25-23(26(19)22)16-28(18-30-25)21-9-5-2-6-10-21/h1-14H,15-18H2. The number of anilines is 2. The topological polar surface area (TPSA) is 24.9 Å². The van der Waals surface area contributed by atoms with E-state index in [2.05, 4.69) is 82.6 Å². The zero-order valence-corrected chi connectivity index (χ0v) is 16.6. The predicted molar refractivity (Wildman–Crippen MR) is 120 cm³/mol. The van der Waals surface area contributed by atoms with Gasteiger partial charge in [-0.25, -0.2) is 0 Å². The van der Waals surface area contributed by atoms with Crippen LogP contribution in [0.5, 0.6) is 11.5 Å². The van der Waals surface area contributed by atoms with E-state index in [1.165, 1.54) is 33.3 Å². The molecule has 2 heterocycles. The fraction of sp³-hybridized carbons (Fsp3) is 0.154. The van der Waals surface area contributed by atoms with Crippen molar-refractivity contribution < 1.29 is 9.47 Å². The SMILES string of the molecule is c1ccc(N2COc3ccc4ccc5c(c4c3C2)CN(c2ccccc2)CO5)cc1. The molecule has 0 amide bonds. The van der Waals surface area contributed by atoms with Crippen LogP contribution in [0.4, 0.5) is 11.4 Å². The van der Waals surface area contributed by atoms with Crippen molar-refractivity contribution in [2.75, 3.05) is 23.3 Å². The molecule has 6 rings (SSSR count). The van der Waals surface area contributed by atoms with Crippen LogP contribution in [0.2, 0.25) is 0 Å². The fourth-order valence-corrected chi connectivity index (χ4v) is 4.49. The molecule has 4 nitrogen and oxygen atoms in total. The van der Waals surface area contributed by atoms with Gasteiger partial charge < -0.3 is 19.3 Å². The zero-order valence-electron chi connectivity index (χ0n) is 16.6. The number of hydrogen-bond acceptors (Lipinski definition) is 4. The molecule has 0 unspecified atom stereocenters. The van der Waals surface area contributed by atoms with Crippen molar-refractivity contribution in [1.82, 2.24) is 0 Å². The average Bonchev–Trinajstić information content (AvgIpc) is 2.84. The van der Waals surface area contributed by atoms with Crippen LogP contribution in [-0.4, -0.2) is 13.5 Å². The normalized spacial score (nSPS) is 15.2. The molecule has 0 saturated carbocycles. The van der Waals surface area contributed by atoms with E-state index < -0.39 is 0 Å². The molecule has 4 aromatic rings. The van der Waals surface area contributed by atoms with Gasteiger partial charge in [0.1, 0.15) is 11.5 Å². The maximum atomic E-state index is 6.17. The van der Waals surface area contributed by atoms with Crippen molar-refractivity contribution in [3.05, 3.63) is 96.1 Å². The number of rotatable bonds is 2. The zero-order chi connectivity index (χ0) is 19.9. The first-order chi connectivity index (χ1) is 14.9. The van der Waals surface area contributed by atoms with E-state index in [9.17, 15) is 0 Å². The van der Waals surface area contributed by atoms with Crippen LogP contribution in [-0.2, 0) is 13.1 Å². The summed E-state index contributed by atoms with van der Waals surface area (Å²) in [6.07, 6.45) is 0. The molecule has 2 aliphatic heterocycles. The molecule has 0 aromatic heterocycles. The van der Waals surface area contributed by atoms with Gasteiger partial charge in [-0.1, -0.05) is 48.5 Å². The van der Waals surface area contributed by atoms with Crippen molar-refractivity contribution in [2.45, 2.75) is 13.1 Å². The molecule has 4 aromatic carbocycles. The molecule has 0 aliphatic carbocycles. The molecular formula is C26H22N2O2. The molecule has 0 radical (unpaired) electrons. The van der Waals surface area contributed by atoms with Crippen LogP contribution in [0.15, 0.2) is 84.9 Å². The highest BCUT2D eigenvalue weighted by atomic mass is 16.5. The third kappa shape index (κ3) is 2.84. The van der Waals surface area contributed by atoms with Crippen LogP contribution < -0.4 is 19.3 Å². The summed E-state index contributed by atoms with van der Waals surface area (Å²) in [4.78, 5) is 4.56. The van der Waals surface area contributed by atoms with Gasteiger partial charge in [0, 0.05) is 22.5 Å². The lowest BCUT2D eigenvalue weighted by molar-refractivity contribution is 0.287. The molecule has 30 heavy (non-hydrogen) atoms. The summed E-state index contributed by atoms with van der Waals surface area (Å²) in [5, 5.41) is 2.48. The van der Waals surface area contributed by atoms with Gasteiger partial charge in [0.15, 0.2) is 13.5 Å². The van der Waals surface area contributed by atoms with E-state index in [1.807, 2.05) is 12.1 Å². The second-order valence-corrected chi connectivity index (χ2v) is 7.80. The van der Waals surface area contributed by atoms with E-state index in [4.69, 9.17) is 9.47 Å².